The van der Waals surface area contributed by atoms with Gasteiger partial charge in [-0.1, -0.05) is 0 Å². The molecule has 1 rings (SSSR count). The van der Waals surface area contributed by atoms with E-state index in [1.54, 1.807) is 7.11 Å². The molecule has 0 aromatic carbocycles. The van der Waals surface area contributed by atoms with Crippen molar-refractivity contribution in [2.24, 2.45) is 5.92 Å². The number of carboxylic acid groups (broad SMARTS) is 1. The predicted molar refractivity (Wildman–Crippen MR) is 68.8 cm³/mol. The van der Waals surface area contributed by atoms with Crippen molar-refractivity contribution in [3.05, 3.63) is 0 Å². The summed E-state index contributed by atoms with van der Waals surface area (Å²) in [5, 5.41) is 11.6. The molecule has 2 N–H and O–H groups in total. The number of ether oxygens (including phenoxy) is 2. The van der Waals surface area contributed by atoms with Crippen molar-refractivity contribution in [1.29, 1.82) is 0 Å². The summed E-state index contributed by atoms with van der Waals surface area (Å²) in [7, 11) is 1.62. The van der Waals surface area contributed by atoms with E-state index in [1.807, 2.05) is 0 Å². The number of hydrogen-bond acceptors (Lipinski definition) is 4. The predicted octanol–water partition coefficient (Wildman–Crippen LogP) is 0.799. The molecule has 110 valence electrons. The molecule has 0 atom stereocenters. The molecule has 0 aromatic heterocycles. The molecular formula is C13H23NO5. The van der Waals surface area contributed by atoms with Crippen LogP contribution in [0.3, 0.4) is 0 Å². The Balaban J connectivity index is 2.06. The molecule has 0 radical (unpaired) electrons. The van der Waals surface area contributed by atoms with E-state index in [0.29, 0.717) is 38.8 Å². The molecule has 0 heterocycles. The van der Waals surface area contributed by atoms with E-state index in [0.717, 1.165) is 6.42 Å². The Kier molecular flexibility index (Phi) is 7.43. The fraction of sp³-hybridized carbons (Fsp3) is 0.846. The second-order valence-corrected chi connectivity index (χ2v) is 4.82. The van der Waals surface area contributed by atoms with Crippen LogP contribution < -0.4 is 5.32 Å². The number of carbonyl (C=O) groups excluding carboxylic acids is 1. The first kappa shape index (κ1) is 15.9. The molecule has 19 heavy (non-hydrogen) atoms. The number of methoxy groups -OCH3 is 1. The van der Waals surface area contributed by atoms with Crippen molar-refractivity contribution < 1.29 is 24.2 Å². The highest BCUT2D eigenvalue weighted by Crippen LogP contribution is 2.26. The van der Waals surface area contributed by atoms with Gasteiger partial charge in [0.15, 0.2) is 0 Å². The minimum Gasteiger partial charge on any atom is -0.481 e. The van der Waals surface area contributed by atoms with Gasteiger partial charge >= 0.3 is 5.97 Å². The maximum atomic E-state index is 11.5. The number of hydrogen-bond donors (Lipinski definition) is 2. The molecule has 1 fully saturated rings. The Bertz CT molecular complexity index is 287. The SMILES string of the molecule is COCCCNC(=O)COC1CCC(C(=O)O)CC1. The van der Waals surface area contributed by atoms with E-state index in [1.165, 1.54) is 0 Å². The van der Waals surface area contributed by atoms with Gasteiger partial charge in [0.1, 0.15) is 6.61 Å². The van der Waals surface area contributed by atoms with Crippen LogP contribution in [0, 0.1) is 5.92 Å². The smallest absolute Gasteiger partial charge is 0.306 e. The van der Waals surface area contributed by atoms with Gasteiger partial charge in [-0.15, -0.1) is 0 Å². The van der Waals surface area contributed by atoms with E-state index in [9.17, 15) is 9.59 Å². The normalized spacial score (nSPS) is 23.0. The van der Waals surface area contributed by atoms with Crippen LogP contribution in [0.25, 0.3) is 0 Å². The molecule has 1 saturated carbocycles. The van der Waals surface area contributed by atoms with Crippen LogP contribution >= 0.6 is 0 Å². The van der Waals surface area contributed by atoms with Gasteiger partial charge in [-0.2, -0.15) is 0 Å². The van der Waals surface area contributed by atoms with E-state index in [4.69, 9.17) is 14.6 Å². The van der Waals surface area contributed by atoms with E-state index < -0.39 is 5.97 Å². The van der Waals surface area contributed by atoms with Crippen LogP contribution in [0.4, 0.5) is 0 Å². The molecule has 6 nitrogen and oxygen atoms in total. The second kappa shape index (κ2) is 8.87. The molecule has 1 amide bonds. The summed E-state index contributed by atoms with van der Waals surface area (Å²) in [6, 6.07) is 0. The quantitative estimate of drug-likeness (QED) is 0.639. The molecule has 0 saturated heterocycles. The van der Waals surface area contributed by atoms with E-state index in [2.05, 4.69) is 5.32 Å². The largest absolute Gasteiger partial charge is 0.481 e. The standard InChI is InChI=1S/C13H23NO5/c1-18-8-2-7-14-12(15)9-19-11-5-3-10(4-6-11)13(16)17/h10-11H,2-9H2,1H3,(H,14,15)(H,16,17). The average Bonchev–Trinajstić information content (AvgIpc) is 2.42. The lowest BCUT2D eigenvalue weighted by atomic mass is 9.87. The summed E-state index contributed by atoms with van der Waals surface area (Å²) in [5.41, 5.74) is 0. The molecule has 0 unspecified atom stereocenters. The van der Waals surface area contributed by atoms with Gasteiger partial charge in [-0.3, -0.25) is 9.59 Å². The zero-order chi connectivity index (χ0) is 14.1. The number of rotatable bonds is 8. The van der Waals surface area contributed by atoms with Crippen molar-refractivity contribution in [3.63, 3.8) is 0 Å². The summed E-state index contributed by atoms with van der Waals surface area (Å²) in [6.45, 7) is 1.26. The summed E-state index contributed by atoms with van der Waals surface area (Å²) in [5.74, 6) is -1.10. The summed E-state index contributed by atoms with van der Waals surface area (Å²) < 4.78 is 10.4. The summed E-state index contributed by atoms with van der Waals surface area (Å²) >= 11 is 0. The minimum absolute atomic E-state index is 0.0142. The van der Waals surface area contributed by atoms with Crippen LogP contribution in [-0.4, -0.2) is 50.0 Å². The number of aliphatic carboxylic acids is 1. The summed E-state index contributed by atoms with van der Waals surface area (Å²) in [4.78, 5) is 22.2. The van der Waals surface area contributed by atoms with Crippen molar-refractivity contribution >= 4 is 11.9 Å². The number of carbonyl (C=O) groups is 2. The molecule has 0 aliphatic heterocycles. The van der Waals surface area contributed by atoms with Crippen LogP contribution in [0.2, 0.25) is 0 Å². The lowest BCUT2D eigenvalue weighted by Crippen LogP contribution is -2.33. The lowest BCUT2D eigenvalue weighted by Gasteiger charge is -2.25. The van der Waals surface area contributed by atoms with Gasteiger partial charge in [0, 0.05) is 20.3 Å². The topological polar surface area (TPSA) is 84.9 Å². The van der Waals surface area contributed by atoms with Crippen LogP contribution in [-0.2, 0) is 19.1 Å². The fourth-order valence-corrected chi connectivity index (χ4v) is 2.17. The third-order valence-corrected chi connectivity index (χ3v) is 3.32. The number of carboxylic acids is 1. The zero-order valence-electron chi connectivity index (χ0n) is 11.4. The number of amides is 1. The zero-order valence-corrected chi connectivity index (χ0v) is 11.4. The first-order valence-corrected chi connectivity index (χ1v) is 6.73. The highest BCUT2D eigenvalue weighted by molar-refractivity contribution is 5.77. The van der Waals surface area contributed by atoms with Crippen LogP contribution in [0.1, 0.15) is 32.1 Å². The molecule has 6 heteroatoms. The van der Waals surface area contributed by atoms with E-state index in [-0.39, 0.29) is 24.5 Å². The number of nitrogens with one attached hydrogen (secondary N) is 1. The molecule has 0 spiro atoms. The maximum absolute atomic E-state index is 11.5. The highest BCUT2D eigenvalue weighted by Gasteiger charge is 2.26. The molecule has 0 bridgehead atoms. The van der Waals surface area contributed by atoms with Crippen molar-refractivity contribution in [2.45, 2.75) is 38.2 Å². The van der Waals surface area contributed by atoms with Gasteiger partial charge in [-0.25, -0.2) is 0 Å². The summed E-state index contributed by atoms with van der Waals surface area (Å²) in [6.07, 6.45) is 3.50. The third kappa shape index (κ3) is 6.54. The lowest BCUT2D eigenvalue weighted by molar-refractivity contribution is -0.144. The van der Waals surface area contributed by atoms with Crippen LogP contribution in [0.15, 0.2) is 0 Å². The Morgan fingerprint density at radius 3 is 2.53 bits per heavy atom. The first-order chi connectivity index (χ1) is 9.13. The van der Waals surface area contributed by atoms with Gasteiger partial charge in [-0.05, 0) is 32.1 Å². The minimum atomic E-state index is -0.727. The van der Waals surface area contributed by atoms with Gasteiger partial charge in [0.25, 0.3) is 0 Å². The van der Waals surface area contributed by atoms with Crippen molar-refractivity contribution in [1.82, 2.24) is 5.32 Å². The average molecular weight is 273 g/mol. The fourth-order valence-electron chi connectivity index (χ4n) is 2.17. The van der Waals surface area contributed by atoms with Gasteiger partial charge in [0.2, 0.25) is 5.91 Å². The van der Waals surface area contributed by atoms with Crippen molar-refractivity contribution in [3.8, 4) is 0 Å². The van der Waals surface area contributed by atoms with Gasteiger partial charge in [0.05, 0.1) is 12.0 Å². The third-order valence-electron chi connectivity index (χ3n) is 3.32. The van der Waals surface area contributed by atoms with Crippen molar-refractivity contribution in [2.75, 3.05) is 26.9 Å². The Morgan fingerprint density at radius 2 is 1.95 bits per heavy atom. The molecular weight excluding hydrogens is 250 g/mol. The molecule has 0 aromatic rings. The monoisotopic (exact) mass is 273 g/mol. The van der Waals surface area contributed by atoms with E-state index >= 15 is 0 Å². The Hall–Kier alpha value is -1.14. The first-order valence-electron chi connectivity index (χ1n) is 6.73. The molecule has 1 aliphatic rings. The second-order valence-electron chi connectivity index (χ2n) is 4.82. The highest BCUT2D eigenvalue weighted by atomic mass is 16.5. The molecule has 1 aliphatic carbocycles. The Morgan fingerprint density at radius 1 is 1.26 bits per heavy atom. The van der Waals surface area contributed by atoms with Gasteiger partial charge < -0.3 is 19.9 Å². The Labute approximate surface area is 113 Å². The van der Waals surface area contributed by atoms with Crippen LogP contribution in [0.5, 0.6) is 0 Å². The maximum Gasteiger partial charge on any atom is 0.306 e.